The molecule has 0 aromatic carbocycles. The van der Waals surface area contributed by atoms with Crippen molar-refractivity contribution in [2.45, 2.75) is 69.7 Å². The molecule has 4 aliphatic carbocycles. The number of allylic oxidation sites excluding steroid dienone is 1. The van der Waals surface area contributed by atoms with Crippen LogP contribution in [0, 0.1) is 29.1 Å². The minimum Gasteiger partial charge on any atom is -0.384 e. The molecule has 0 bridgehead atoms. The number of carbonyl (C=O) groups is 1. The van der Waals surface area contributed by atoms with E-state index in [1.54, 1.807) is 5.57 Å². The van der Waals surface area contributed by atoms with Crippen LogP contribution in [0.5, 0.6) is 0 Å². The summed E-state index contributed by atoms with van der Waals surface area (Å²) in [5.74, 6) is 2.10. The van der Waals surface area contributed by atoms with Crippen molar-refractivity contribution in [2.24, 2.45) is 29.1 Å². The molecular formula is C23H32O4. The molecule has 1 N–H and O–H groups in total. The maximum Gasteiger partial charge on any atom is 0.172 e. The minimum atomic E-state index is -1.02. The van der Waals surface area contributed by atoms with Crippen LogP contribution >= 0.6 is 0 Å². The summed E-state index contributed by atoms with van der Waals surface area (Å²) in [6.45, 7) is 7.58. The lowest BCUT2D eigenvalue weighted by molar-refractivity contribution is -0.177. The molecule has 1 spiro atoms. The Labute approximate surface area is 162 Å². The van der Waals surface area contributed by atoms with Crippen molar-refractivity contribution in [2.75, 3.05) is 13.2 Å². The fourth-order valence-corrected chi connectivity index (χ4v) is 7.63. The number of aldehydes is 1. The molecule has 148 valence electrons. The Morgan fingerprint density at radius 2 is 1.96 bits per heavy atom. The van der Waals surface area contributed by atoms with Gasteiger partial charge in [-0.3, -0.25) is 4.79 Å². The first-order valence-electron chi connectivity index (χ1n) is 10.8. The van der Waals surface area contributed by atoms with Crippen LogP contribution in [-0.2, 0) is 14.3 Å². The van der Waals surface area contributed by atoms with E-state index >= 15 is 0 Å². The third-order valence-electron chi connectivity index (χ3n) is 9.09. The van der Waals surface area contributed by atoms with E-state index in [1.807, 2.05) is 0 Å². The van der Waals surface area contributed by atoms with Gasteiger partial charge in [0.15, 0.2) is 5.79 Å². The normalized spacial score (nSPS) is 47.7. The Morgan fingerprint density at radius 3 is 2.70 bits per heavy atom. The zero-order valence-corrected chi connectivity index (χ0v) is 16.4. The second kappa shape index (κ2) is 6.01. The van der Waals surface area contributed by atoms with Gasteiger partial charge < -0.3 is 14.6 Å². The predicted molar refractivity (Wildman–Crippen MR) is 102 cm³/mol. The van der Waals surface area contributed by atoms with Crippen LogP contribution in [0.1, 0.15) is 58.3 Å². The highest BCUT2D eigenvalue weighted by Gasteiger charge is 2.63. The molecule has 4 heteroatoms. The number of hydrogen-bond acceptors (Lipinski definition) is 4. The van der Waals surface area contributed by atoms with E-state index in [-0.39, 0.29) is 11.2 Å². The summed E-state index contributed by atoms with van der Waals surface area (Å²) in [5.41, 5.74) is 0.702. The lowest BCUT2D eigenvalue weighted by Gasteiger charge is -2.56. The Bertz CT molecular complexity index is 690. The molecule has 4 fully saturated rings. The van der Waals surface area contributed by atoms with Crippen molar-refractivity contribution in [3.8, 4) is 0 Å². The smallest absolute Gasteiger partial charge is 0.172 e. The van der Waals surface area contributed by atoms with Crippen molar-refractivity contribution in [3.63, 3.8) is 0 Å². The number of hydrogen-bond donors (Lipinski definition) is 1. The topological polar surface area (TPSA) is 55.8 Å². The van der Waals surface area contributed by atoms with Gasteiger partial charge >= 0.3 is 0 Å². The average Bonchev–Trinajstić information content (AvgIpc) is 3.23. The second-order valence-corrected chi connectivity index (χ2v) is 9.88. The second-order valence-electron chi connectivity index (χ2n) is 9.88. The fraction of sp³-hybridized carbons (Fsp3) is 0.783. The molecule has 5 rings (SSSR count). The van der Waals surface area contributed by atoms with Gasteiger partial charge in [-0.1, -0.05) is 25.2 Å². The maximum atomic E-state index is 11.4. The van der Waals surface area contributed by atoms with Gasteiger partial charge in [0.1, 0.15) is 6.29 Å². The summed E-state index contributed by atoms with van der Waals surface area (Å²) in [6, 6.07) is 0. The summed E-state index contributed by atoms with van der Waals surface area (Å²) < 4.78 is 12.0. The predicted octanol–water partition coefficient (Wildman–Crippen LogP) is 3.79. The Morgan fingerprint density at radius 1 is 1.19 bits per heavy atom. The van der Waals surface area contributed by atoms with Gasteiger partial charge in [0.2, 0.25) is 0 Å². The summed E-state index contributed by atoms with van der Waals surface area (Å²) in [6.07, 6.45) is 11.3. The minimum absolute atomic E-state index is 0.217. The molecule has 0 unspecified atom stereocenters. The van der Waals surface area contributed by atoms with Crippen molar-refractivity contribution in [1.82, 2.24) is 0 Å². The van der Waals surface area contributed by atoms with Crippen molar-refractivity contribution in [3.05, 3.63) is 23.8 Å². The quantitative estimate of drug-likeness (QED) is 0.455. The van der Waals surface area contributed by atoms with Gasteiger partial charge in [-0.15, -0.1) is 0 Å². The number of ether oxygens (including phenoxy) is 2. The molecule has 1 heterocycles. The van der Waals surface area contributed by atoms with Crippen LogP contribution in [0.3, 0.4) is 0 Å². The molecule has 4 nitrogen and oxygen atoms in total. The van der Waals surface area contributed by atoms with Crippen LogP contribution in [0.25, 0.3) is 0 Å². The SMILES string of the molecule is C=C(C=O)[C@@]1(O)CC[C@H]2[C@@H]3CC=C4CC5(CC[C@@H]4[C@H]3CC[C@@]21C)OCCO5. The zero-order chi connectivity index (χ0) is 18.9. The number of rotatable bonds is 2. The zero-order valence-electron chi connectivity index (χ0n) is 16.4. The number of fused-ring (bicyclic) bond motifs is 5. The molecule has 0 radical (unpaired) electrons. The highest BCUT2D eigenvalue weighted by molar-refractivity contribution is 5.76. The van der Waals surface area contributed by atoms with Crippen molar-refractivity contribution < 1.29 is 19.4 Å². The number of aliphatic hydroxyl groups is 1. The van der Waals surface area contributed by atoms with E-state index in [0.29, 0.717) is 35.7 Å². The molecule has 6 atom stereocenters. The van der Waals surface area contributed by atoms with Gasteiger partial charge in [0.05, 0.1) is 18.8 Å². The van der Waals surface area contributed by atoms with Crippen molar-refractivity contribution >= 4 is 6.29 Å². The van der Waals surface area contributed by atoms with E-state index in [0.717, 1.165) is 64.4 Å². The van der Waals surface area contributed by atoms with Gasteiger partial charge in [0.25, 0.3) is 0 Å². The molecule has 0 amide bonds. The highest BCUT2D eigenvalue weighted by atomic mass is 16.7. The molecule has 0 aromatic rings. The van der Waals surface area contributed by atoms with Gasteiger partial charge in [-0.05, 0) is 62.2 Å². The van der Waals surface area contributed by atoms with Gasteiger partial charge in [-0.2, -0.15) is 0 Å². The maximum absolute atomic E-state index is 11.4. The van der Waals surface area contributed by atoms with Gasteiger partial charge in [-0.25, -0.2) is 0 Å². The standard InChI is InChI=1S/C23H32O4/c1-15(14-24)23(25)10-7-20-19-4-3-16-13-22(26-11-12-27-22)9-6-17(16)18(19)5-8-21(20,23)2/h3,14,17-20,25H,1,4-13H2,2H3/t17-,18+,19+,20-,21-,23-/m0/s1. The molecular weight excluding hydrogens is 340 g/mol. The first kappa shape index (κ1) is 18.1. The molecule has 1 saturated heterocycles. The van der Waals surface area contributed by atoms with E-state index in [4.69, 9.17) is 9.47 Å². The van der Waals surface area contributed by atoms with Crippen LogP contribution in [0.2, 0.25) is 0 Å². The Hall–Kier alpha value is -0.970. The first-order chi connectivity index (χ1) is 12.9. The van der Waals surface area contributed by atoms with Crippen LogP contribution in [-0.4, -0.2) is 36.0 Å². The van der Waals surface area contributed by atoms with E-state index < -0.39 is 5.60 Å². The first-order valence-corrected chi connectivity index (χ1v) is 10.8. The monoisotopic (exact) mass is 372 g/mol. The Balaban J connectivity index is 1.42. The summed E-state index contributed by atoms with van der Waals surface area (Å²) in [4.78, 5) is 11.4. The van der Waals surface area contributed by atoms with Crippen LogP contribution < -0.4 is 0 Å². The van der Waals surface area contributed by atoms with Crippen LogP contribution in [0.15, 0.2) is 23.8 Å². The van der Waals surface area contributed by atoms with E-state index in [2.05, 4.69) is 19.6 Å². The largest absolute Gasteiger partial charge is 0.384 e. The van der Waals surface area contributed by atoms with Crippen LogP contribution in [0.4, 0.5) is 0 Å². The molecule has 27 heavy (non-hydrogen) atoms. The lowest BCUT2D eigenvalue weighted by atomic mass is 9.50. The molecule has 5 aliphatic rings. The molecule has 1 aliphatic heterocycles. The summed E-state index contributed by atoms with van der Waals surface area (Å²) >= 11 is 0. The fourth-order valence-electron chi connectivity index (χ4n) is 7.63. The average molecular weight is 373 g/mol. The summed E-state index contributed by atoms with van der Waals surface area (Å²) in [5, 5.41) is 11.4. The third-order valence-corrected chi connectivity index (χ3v) is 9.09. The van der Waals surface area contributed by atoms with E-state index in [1.165, 1.54) is 0 Å². The van der Waals surface area contributed by atoms with Gasteiger partial charge in [0, 0.05) is 23.8 Å². The molecule has 3 saturated carbocycles. The molecule has 0 aromatic heterocycles. The third kappa shape index (κ3) is 2.36. The van der Waals surface area contributed by atoms with E-state index in [9.17, 15) is 9.90 Å². The van der Waals surface area contributed by atoms with Crippen molar-refractivity contribution in [1.29, 1.82) is 0 Å². The highest BCUT2D eigenvalue weighted by Crippen LogP contribution is 2.66. The lowest BCUT2D eigenvalue weighted by Crippen LogP contribution is -2.53. The number of carbonyl (C=O) groups excluding carboxylic acids is 1. The summed E-state index contributed by atoms with van der Waals surface area (Å²) in [7, 11) is 0. The Kier molecular flexibility index (Phi) is 4.03.